The highest BCUT2D eigenvalue weighted by atomic mass is 16.6. The number of nitrogens with one attached hydrogen (secondary N) is 1. The summed E-state index contributed by atoms with van der Waals surface area (Å²) in [6, 6.07) is -0.00959. The molecule has 0 unspecified atom stereocenters. The number of nitrogens with zero attached hydrogens (tertiary/aromatic N) is 1. The van der Waals surface area contributed by atoms with Gasteiger partial charge >= 0.3 is 18.1 Å². The van der Waals surface area contributed by atoms with Crippen molar-refractivity contribution in [1.29, 1.82) is 0 Å². The molecule has 0 fully saturated rings. The quantitative estimate of drug-likeness (QED) is 0.854. The maximum Gasteiger partial charge on any atom is 0.415 e. The highest BCUT2D eigenvalue weighted by molar-refractivity contribution is 5.82. The van der Waals surface area contributed by atoms with Gasteiger partial charge in [0, 0.05) is 6.42 Å². The van der Waals surface area contributed by atoms with Gasteiger partial charge in [-0.1, -0.05) is 0 Å². The smallest absolute Gasteiger partial charge is 0.415 e. The lowest BCUT2D eigenvalue weighted by Gasteiger charge is -2.18. The molecule has 0 saturated heterocycles. The van der Waals surface area contributed by atoms with Crippen molar-refractivity contribution in [2.24, 2.45) is 0 Å². The molecule has 100 valence electrons. The van der Waals surface area contributed by atoms with Crippen molar-refractivity contribution in [2.45, 2.75) is 39.2 Å². The number of amides is 1. The zero-order valence-electron chi connectivity index (χ0n) is 10.5. The van der Waals surface area contributed by atoms with Crippen LogP contribution in [-0.2, 0) is 16.0 Å². The maximum absolute atomic E-state index is 11.4. The Morgan fingerprint density at radius 1 is 1.50 bits per heavy atom. The molecule has 0 radical (unpaired) electrons. The molecule has 0 bridgehead atoms. The molecule has 7 nitrogen and oxygen atoms in total. The molecule has 0 spiro atoms. The molecular formula is C11H16N2O5. The van der Waals surface area contributed by atoms with Crippen LogP contribution in [0.1, 0.15) is 32.9 Å². The average molecular weight is 256 g/mol. The van der Waals surface area contributed by atoms with Crippen LogP contribution in [0.5, 0.6) is 0 Å². The highest BCUT2D eigenvalue weighted by Gasteiger charge is 2.17. The summed E-state index contributed by atoms with van der Waals surface area (Å²) >= 11 is 0. The van der Waals surface area contributed by atoms with Crippen molar-refractivity contribution in [3.8, 4) is 0 Å². The Kier molecular flexibility index (Phi) is 4.30. The van der Waals surface area contributed by atoms with E-state index in [-0.39, 0.29) is 18.9 Å². The number of aliphatic carboxylic acids is 1. The predicted molar refractivity (Wildman–Crippen MR) is 62.3 cm³/mol. The molecule has 1 aromatic rings. The molecule has 0 aliphatic carbocycles. The summed E-state index contributed by atoms with van der Waals surface area (Å²) in [5.41, 5.74) is -0.147. The zero-order chi connectivity index (χ0) is 13.8. The fourth-order valence-electron chi connectivity index (χ4n) is 1.11. The molecule has 0 aromatic carbocycles. The highest BCUT2D eigenvalue weighted by Crippen LogP contribution is 2.12. The van der Waals surface area contributed by atoms with E-state index in [0.717, 1.165) is 0 Å². The Morgan fingerprint density at radius 2 is 2.17 bits per heavy atom. The average Bonchev–Trinajstić information content (AvgIpc) is 2.59. The summed E-state index contributed by atoms with van der Waals surface area (Å²) in [6.45, 7) is 5.21. The predicted octanol–water partition coefficient (Wildman–Crippen LogP) is 2.04. The van der Waals surface area contributed by atoms with Gasteiger partial charge in [-0.15, -0.1) is 0 Å². The fraction of sp³-hybridized carbons (Fsp3) is 0.545. The summed E-state index contributed by atoms with van der Waals surface area (Å²) < 4.78 is 9.97. The molecule has 1 amide bonds. The number of ether oxygens (including phenoxy) is 1. The number of hydrogen-bond donors (Lipinski definition) is 2. The number of oxazole rings is 1. The van der Waals surface area contributed by atoms with Gasteiger partial charge in [-0.25, -0.2) is 10.1 Å². The van der Waals surface area contributed by atoms with Crippen molar-refractivity contribution in [3.05, 3.63) is 12.0 Å². The van der Waals surface area contributed by atoms with Crippen LogP contribution in [0, 0.1) is 0 Å². The lowest BCUT2D eigenvalue weighted by atomic mass is 10.2. The molecule has 7 heteroatoms. The molecule has 0 atom stereocenters. The maximum atomic E-state index is 11.4. The summed E-state index contributed by atoms with van der Waals surface area (Å²) in [5, 5.41) is 10.8. The fourth-order valence-corrected chi connectivity index (χ4v) is 1.11. The van der Waals surface area contributed by atoms with Gasteiger partial charge in [-0.05, 0) is 20.8 Å². The van der Waals surface area contributed by atoms with Gasteiger partial charge in [0.15, 0.2) is 0 Å². The first kappa shape index (κ1) is 14.0. The molecule has 0 saturated carbocycles. The third kappa shape index (κ3) is 5.33. The molecule has 1 heterocycles. The summed E-state index contributed by atoms with van der Waals surface area (Å²) in [6.07, 6.45) is 0.831. The number of aryl methyl sites for hydroxylation is 1. The van der Waals surface area contributed by atoms with Crippen molar-refractivity contribution >= 4 is 18.1 Å². The van der Waals surface area contributed by atoms with E-state index in [0.29, 0.717) is 5.69 Å². The number of carboxylic acid groups (broad SMARTS) is 1. The Hall–Kier alpha value is -2.05. The van der Waals surface area contributed by atoms with Gasteiger partial charge in [0.1, 0.15) is 11.9 Å². The summed E-state index contributed by atoms with van der Waals surface area (Å²) in [4.78, 5) is 25.7. The van der Waals surface area contributed by atoms with Crippen molar-refractivity contribution in [3.63, 3.8) is 0 Å². The number of carboxylic acids is 1. The van der Waals surface area contributed by atoms with Gasteiger partial charge in [-0.2, -0.15) is 4.98 Å². The minimum absolute atomic E-state index is 0.00959. The standard InChI is InChI=1S/C11H16N2O5/c1-11(2,3)18-10(16)13-9-12-7(6-17-9)4-5-8(14)15/h6H,4-5H2,1-3H3,(H,14,15)(H,12,13,16). The van der Waals surface area contributed by atoms with Crippen molar-refractivity contribution < 1.29 is 23.8 Å². The first-order chi connectivity index (χ1) is 8.26. The second-order valence-electron chi connectivity index (χ2n) is 4.66. The monoisotopic (exact) mass is 256 g/mol. The van der Waals surface area contributed by atoms with E-state index in [1.54, 1.807) is 20.8 Å². The topological polar surface area (TPSA) is 102 Å². The SMILES string of the molecule is CC(C)(C)OC(=O)Nc1nc(CCC(=O)O)co1. The first-order valence-corrected chi connectivity index (χ1v) is 5.42. The second kappa shape index (κ2) is 5.52. The van der Waals surface area contributed by atoms with Crippen molar-refractivity contribution in [2.75, 3.05) is 5.32 Å². The lowest BCUT2D eigenvalue weighted by Crippen LogP contribution is -2.27. The lowest BCUT2D eigenvalue weighted by molar-refractivity contribution is -0.136. The van der Waals surface area contributed by atoms with Gasteiger partial charge in [0.05, 0.1) is 12.1 Å². The van der Waals surface area contributed by atoms with Crippen LogP contribution < -0.4 is 5.32 Å². The Labute approximate surface area is 104 Å². The van der Waals surface area contributed by atoms with E-state index in [4.69, 9.17) is 14.3 Å². The van der Waals surface area contributed by atoms with E-state index in [2.05, 4.69) is 10.3 Å². The van der Waals surface area contributed by atoms with Gasteiger partial charge < -0.3 is 14.3 Å². The molecule has 2 N–H and O–H groups in total. The second-order valence-corrected chi connectivity index (χ2v) is 4.66. The van der Waals surface area contributed by atoms with E-state index in [1.807, 2.05) is 0 Å². The van der Waals surface area contributed by atoms with Gasteiger partial charge in [0.2, 0.25) is 0 Å². The van der Waals surface area contributed by atoms with Crippen LogP contribution >= 0.6 is 0 Å². The van der Waals surface area contributed by atoms with E-state index >= 15 is 0 Å². The minimum atomic E-state index is -0.917. The van der Waals surface area contributed by atoms with E-state index in [9.17, 15) is 9.59 Å². The van der Waals surface area contributed by atoms with E-state index in [1.165, 1.54) is 6.26 Å². The third-order valence-corrected chi connectivity index (χ3v) is 1.75. The molecular weight excluding hydrogens is 240 g/mol. The van der Waals surface area contributed by atoms with Crippen molar-refractivity contribution in [1.82, 2.24) is 4.98 Å². The van der Waals surface area contributed by atoms with Crippen LogP contribution in [0.15, 0.2) is 10.7 Å². The zero-order valence-corrected chi connectivity index (χ0v) is 10.5. The largest absolute Gasteiger partial charge is 0.481 e. The number of rotatable bonds is 4. The van der Waals surface area contributed by atoms with Gasteiger partial charge in [0.25, 0.3) is 0 Å². The van der Waals surface area contributed by atoms with Crippen LogP contribution in [-0.4, -0.2) is 27.8 Å². The Bertz CT molecular complexity index is 433. The van der Waals surface area contributed by atoms with Crippen LogP contribution in [0.25, 0.3) is 0 Å². The number of anilines is 1. The van der Waals surface area contributed by atoms with Crippen LogP contribution in [0.2, 0.25) is 0 Å². The summed E-state index contributed by atoms with van der Waals surface area (Å²) in [7, 11) is 0. The molecule has 1 rings (SSSR count). The number of carbonyl (C=O) groups excluding carboxylic acids is 1. The number of aromatic nitrogens is 1. The van der Waals surface area contributed by atoms with Crippen LogP contribution in [0.3, 0.4) is 0 Å². The molecule has 0 aliphatic rings. The summed E-state index contributed by atoms with van der Waals surface area (Å²) in [5.74, 6) is -0.917. The minimum Gasteiger partial charge on any atom is -0.481 e. The molecule has 0 aliphatic heterocycles. The number of carbonyl (C=O) groups is 2. The Balaban J connectivity index is 2.48. The number of hydrogen-bond acceptors (Lipinski definition) is 5. The molecule has 1 aromatic heterocycles. The Morgan fingerprint density at radius 3 is 2.72 bits per heavy atom. The van der Waals surface area contributed by atoms with Crippen LogP contribution in [0.4, 0.5) is 10.8 Å². The van der Waals surface area contributed by atoms with Gasteiger partial charge in [-0.3, -0.25) is 4.79 Å². The first-order valence-electron chi connectivity index (χ1n) is 5.42. The van der Waals surface area contributed by atoms with E-state index < -0.39 is 17.7 Å². The molecule has 18 heavy (non-hydrogen) atoms. The normalized spacial score (nSPS) is 11.1. The third-order valence-electron chi connectivity index (χ3n) is 1.75.